The number of pyridine rings is 1. The molecule has 2 aromatic heterocycles. The van der Waals surface area contributed by atoms with E-state index in [-0.39, 0.29) is 5.56 Å². The van der Waals surface area contributed by atoms with E-state index in [1.54, 1.807) is 16.7 Å². The zero-order chi connectivity index (χ0) is 17.8. The lowest BCUT2D eigenvalue weighted by Crippen LogP contribution is -2.24. The Balaban J connectivity index is 1.90. The molecule has 1 N–H and O–H groups in total. The van der Waals surface area contributed by atoms with Gasteiger partial charge in [0.25, 0.3) is 5.56 Å². The second-order valence-corrected chi connectivity index (χ2v) is 5.93. The molecule has 3 aromatic rings. The van der Waals surface area contributed by atoms with Crippen LogP contribution in [0.2, 0.25) is 0 Å². The van der Waals surface area contributed by atoms with Crippen LogP contribution in [0.5, 0.6) is 0 Å². The van der Waals surface area contributed by atoms with E-state index in [0.29, 0.717) is 29.9 Å². The van der Waals surface area contributed by atoms with Gasteiger partial charge in [-0.15, -0.1) is 6.58 Å². The van der Waals surface area contributed by atoms with E-state index in [2.05, 4.69) is 21.9 Å². The van der Waals surface area contributed by atoms with Gasteiger partial charge in [0.15, 0.2) is 0 Å². The van der Waals surface area contributed by atoms with E-state index < -0.39 is 0 Å². The van der Waals surface area contributed by atoms with Crippen molar-refractivity contribution in [3.8, 4) is 0 Å². The number of nitrogens with zero attached hydrogens (tertiary/aromatic N) is 4. The lowest BCUT2D eigenvalue weighted by Gasteiger charge is -2.14. The summed E-state index contributed by atoms with van der Waals surface area (Å²) in [6.07, 6.45) is 3.51. The molecule has 0 saturated carbocycles. The quantitative estimate of drug-likeness (QED) is 0.702. The van der Waals surface area contributed by atoms with Crippen LogP contribution < -0.4 is 15.8 Å². The Labute approximate surface area is 146 Å². The van der Waals surface area contributed by atoms with Crippen LogP contribution in [-0.4, -0.2) is 28.6 Å². The number of hydrogen-bond donors (Lipinski definition) is 1. The van der Waals surface area contributed by atoms with Gasteiger partial charge in [0.2, 0.25) is 5.95 Å². The summed E-state index contributed by atoms with van der Waals surface area (Å²) in [5.41, 5.74) is 1.61. The Morgan fingerprint density at radius 2 is 2.04 bits per heavy atom. The van der Waals surface area contributed by atoms with Crippen LogP contribution in [0.4, 0.5) is 11.8 Å². The van der Waals surface area contributed by atoms with E-state index in [1.165, 1.54) is 0 Å². The first-order valence-corrected chi connectivity index (χ1v) is 8.06. The zero-order valence-corrected chi connectivity index (χ0v) is 14.4. The van der Waals surface area contributed by atoms with Gasteiger partial charge in [-0.3, -0.25) is 9.36 Å². The van der Waals surface area contributed by atoms with Crippen LogP contribution in [0.15, 0.2) is 60.0 Å². The van der Waals surface area contributed by atoms with Gasteiger partial charge in [-0.05, 0) is 23.8 Å². The second-order valence-electron chi connectivity index (χ2n) is 5.93. The molecule has 2 heterocycles. The number of rotatable bonds is 6. The molecular formula is C19H21N5O. The highest BCUT2D eigenvalue weighted by atomic mass is 16.1. The molecule has 0 fully saturated rings. The van der Waals surface area contributed by atoms with Crippen molar-refractivity contribution < 1.29 is 0 Å². The van der Waals surface area contributed by atoms with Crippen molar-refractivity contribution in [2.45, 2.75) is 13.1 Å². The highest BCUT2D eigenvalue weighted by molar-refractivity contribution is 5.78. The van der Waals surface area contributed by atoms with Crippen molar-refractivity contribution in [2.24, 2.45) is 0 Å². The molecule has 0 aliphatic carbocycles. The van der Waals surface area contributed by atoms with E-state index in [1.807, 2.05) is 55.5 Å². The summed E-state index contributed by atoms with van der Waals surface area (Å²) in [7, 11) is 3.90. The number of para-hydroxylation sites is 1. The molecule has 3 rings (SSSR count). The minimum atomic E-state index is -0.0749. The minimum absolute atomic E-state index is 0.0749. The third-order valence-corrected chi connectivity index (χ3v) is 3.89. The fourth-order valence-corrected chi connectivity index (χ4v) is 2.57. The van der Waals surface area contributed by atoms with Gasteiger partial charge < -0.3 is 10.2 Å². The number of allylic oxidation sites excluding steroid dienone is 1. The number of nitrogens with one attached hydrogen (secondary N) is 1. The predicted octanol–water partition coefficient (Wildman–Crippen LogP) is 2.66. The van der Waals surface area contributed by atoms with E-state index in [9.17, 15) is 4.79 Å². The molecule has 128 valence electrons. The normalized spacial score (nSPS) is 10.6. The maximum Gasteiger partial charge on any atom is 0.263 e. The molecular weight excluding hydrogens is 314 g/mol. The standard InChI is InChI=1S/C19H21N5O/c1-4-11-24-18(25)15-7-5-6-8-16(15)22-19(24)21-13-14-9-10-17(20-12-14)23(2)3/h4-10,12H,1,11,13H2,2-3H3,(H,21,22). The van der Waals surface area contributed by atoms with E-state index in [0.717, 1.165) is 11.4 Å². The van der Waals surface area contributed by atoms with Crippen LogP contribution in [0, 0.1) is 0 Å². The van der Waals surface area contributed by atoms with Gasteiger partial charge in [0, 0.05) is 33.4 Å². The zero-order valence-electron chi connectivity index (χ0n) is 14.4. The molecule has 0 bridgehead atoms. The van der Waals surface area contributed by atoms with Crippen molar-refractivity contribution >= 4 is 22.7 Å². The lowest BCUT2D eigenvalue weighted by molar-refractivity contribution is 0.769. The molecule has 25 heavy (non-hydrogen) atoms. The smallest absolute Gasteiger partial charge is 0.263 e. The topological polar surface area (TPSA) is 63.1 Å². The summed E-state index contributed by atoms with van der Waals surface area (Å²) in [6, 6.07) is 11.3. The third-order valence-electron chi connectivity index (χ3n) is 3.89. The average Bonchev–Trinajstić information content (AvgIpc) is 2.63. The van der Waals surface area contributed by atoms with E-state index >= 15 is 0 Å². The molecule has 0 radical (unpaired) electrons. The first kappa shape index (κ1) is 16.7. The SMILES string of the molecule is C=CCn1c(NCc2ccc(N(C)C)nc2)nc2ccccc2c1=O. The summed E-state index contributed by atoms with van der Waals surface area (Å²) in [6.45, 7) is 4.66. The first-order chi connectivity index (χ1) is 12.1. The third kappa shape index (κ3) is 3.52. The van der Waals surface area contributed by atoms with E-state index in [4.69, 9.17) is 0 Å². The van der Waals surface area contributed by atoms with Crippen LogP contribution in [0.1, 0.15) is 5.56 Å². The molecule has 1 aromatic carbocycles. The largest absolute Gasteiger partial charge is 0.363 e. The first-order valence-electron chi connectivity index (χ1n) is 8.06. The summed E-state index contributed by atoms with van der Waals surface area (Å²) in [5, 5.41) is 3.85. The molecule has 6 heteroatoms. The second kappa shape index (κ2) is 7.17. The van der Waals surface area contributed by atoms with Crippen molar-refractivity contribution in [1.29, 1.82) is 0 Å². The number of benzene rings is 1. The molecule has 0 aliphatic heterocycles. The molecule has 0 unspecified atom stereocenters. The van der Waals surface area contributed by atoms with Crippen LogP contribution in [0.25, 0.3) is 10.9 Å². The maximum atomic E-state index is 12.7. The van der Waals surface area contributed by atoms with Gasteiger partial charge >= 0.3 is 0 Å². The molecule has 0 atom stereocenters. The highest BCUT2D eigenvalue weighted by Crippen LogP contribution is 2.13. The summed E-state index contributed by atoms with van der Waals surface area (Å²) in [5.74, 6) is 1.43. The molecule has 0 amide bonds. The number of aromatic nitrogens is 3. The van der Waals surface area contributed by atoms with Crippen molar-refractivity contribution in [1.82, 2.24) is 14.5 Å². The predicted molar refractivity (Wildman–Crippen MR) is 102 cm³/mol. The Morgan fingerprint density at radius 3 is 2.72 bits per heavy atom. The molecule has 0 aliphatic rings. The van der Waals surface area contributed by atoms with Gasteiger partial charge in [0.05, 0.1) is 10.9 Å². The van der Waals surface area contributed by atoms with Crippen molar-refractivity contribution in [3.63, 3.8) is 0 Å². The van der Waals surface area contributed by atoms with Crippen LogP contribution in [0.3, 0.4) is 0 Å². The molecule has 0 spiro atoms. The molecule has 0 saturated heterocycles. The maximum absolute atomic E-state index is 12.7. The van der Waals surface area contributed by atoms with Crippen molar-refractivity contribution in [2.75, 3.05) is 24.3 Å². The number of fused-ring (bicyclic) bond motifs is 1. The van der Waals surface area contributed by atoms with Gasteiger partial charge in [0.1, 0.15) is 5.82 Å². The van der Waals surface area contributed by atoms with Gasteiger partial charge in [-0.25, -0.2) is 9.97 Å². The lowest BCUT2D eigenvalue weighted by atomic mass is 10.2. The van der Waals surface area contributed by atoms with Gasteiger partial charge in [-0.1, -0.05) is 24.3 Å². The highest BCUT2D eigenvalue weighted by Gasteiger charge is 2.09. The average molecular weight is 335 g/mol. The Hall–Kier alpha value is -3.15. The monoisotopic (exact) mass is 335 g/mol. The minimum Gasteiger partial charge on any atom is -0.363 e. The van der Waals surface area contributed by atoms with Gasteiger partial charge in [-0.2, -0.15) is 0 Å². The van der Waals surface area contributed by atoms with Crippen LogP contribution in [-0.2, 0) is 13.1 Å². The fraction of sp³-hybridized carbons (Fsp3) is 0.211. The summed E-state index contributed by atoms with van der Waals surface area (Å²) >= 11 is 0. The molecule has 6 nitrogen and oxygen atoms in total. The van der Waals surface area contributed by atoms with Crippen LogP contribution >= 0.6 is 0 Å². The summed E-state index contributed by atoms with van der Waals surface area (Å²) in [4.78, 5) is 23.6. The number of anilines is 2. The Morgan fingerprint density at radius 1 is 1.24 bits per heavy atom. The Bertz CT molecular complexity index is 944. The van der Waals surface area contributed by atoms with Crippen molar-refractivity contribution in [3.05, 3.63) is 71.2 Å². The number of hydrogen-bond acceptors (Lipinski definition) is 5. The Kier molecular flexibility index (Phi) is 4.79. The summed E-state index contributed by atoms with van der Waals surface area (Å²) < 4.78 is 1.59. The fourth-order valence-electron chi connectivity index (χ4n) is 2.57.